The molecule has 0 unspecified atom stereocenters. The Bertz CT molecular complexity index is 1880. The molecule has 0 aliphatic carbocycles. The number of benzene rings is 5. The van der Waals surface area contributed by atoms with E-state index in [9.17, 15) is 4.79 Å². The summed E-state index contributed by atoms with van der Waals surface area (Å²) in [6.45, 7) is 2.70. The summed E-state index contributed by atoms with van der Waals surface area (Å²) in [5.74, 6) is 1.23. The zero-order valence-electron chi connectivity index (χ0n) is 24.6. The number of aryl methyl sites for hydroxylation is 2. The number of hydrogen-bond acceptors (Lipinski definition) is 4. The van der Waals surface area contributed by atoms with Crippen LogP contribution in [0.2, 0.25) is 0 Å². The van der Waals surface area contributed by atoms with E-state index >= 15 is 0 Å². The first-order valence-electron chi connectivity index (χ1n) is 14.8. The lowest BCUT2D eigenvalue weighted by atomic mass is 10.0. The lowest BCUT2D eigenvalue weighted by Gasteiger charge is -2.18. The first-order chi connectivity index (χ1) is 21.7. The highest BCUT2D eigenvalue weighted by Crippen LogP contribution is 2.31. The number of aliphatic imine (C=N–C) groups is 1. The molecule has 1 aromatic heterocycles. The highest BCUT2D eigenvalue weighted by atomic mass is 16.5. The van der Waals surface area contributed by atoms with Crippen LogP contribution in [-0.2, 0) is 19.6 Å². The van der Waals surface area contributed by atoms with Crippen molar-refractivity contribution in [3.63, 3.8) is 0 Å². The molecule has 0 amide bonds. The van der Waals surface area contributed by atoms with Crippen molar-refractivity contribution in [3.8, 4) is 17.1 Å². The van der Waals surface area contributed by atoms with Crippen LogP contribution < -0.4 is 10.3 Å². The van der Waals surface area contributed by atoms with Gasteiger partial charge in [-0.2, -0.15) is 0 Å². The van der Waals surface area contributed by atoms with E-state index in [0.717, 1.165) is 33.5 Å². The summed E-state index contributed by atoms with van der Waals surface area (Å²) in [5, 5.41) is 0. The van der Waals surface area contributed by atoms with E-state index in [1.807, 2.05) is 140 Å². The minimum Gasteiger partial charge on any atom is -0.488 e. The molecule has 1 heterocycles. The van der Waals surface area contributed by atoms with Crippen LogP contribution in [-0.4, -0.2) is 15.3 Å². The fourth-order valence-corrected chi connectivity index (χ4v) is 5.19. The Morgan fingerprint density at radius 1 is 0.682 bits per heavy atom. The monoisotopic (exact) mass is 575 g/mol. The Morgan fingerprint density at radius 3 is 1.82 bits per heavy atom. The number of aromatic nitrogens is 2. The molecule has 0 N–H and O–H groups in total. The average Bonchev–Trinajstić information content (AvgIpc) is 3.08. The number of para-hydroxylation sites is 1. The van der Waals surface area contributed by atoms with Crippen LogP contribution in [0, 0.1) is 6.92 Å². The van der Waals surface area contributed by atoms with Gasteiger partial charge in [0.15, 0.2) is 5.69 Å². The van der Waals surface area contributed by atoms with Crippen LogP contribution in [0.25, 0.3) is 11.4 Å². The van der Waals surface area contributed by atoms with Gasteiger partial charge in [-0.1, -0.05) is 133 Å². The molecule has 0 atom stereocenters. The van der Waals surface area contributed by atoms with Gasteiger partial charge >= 0.3 is 0 Å². The zero-order chi connectivity index (χ0) is 30.1. The van der Waals surface area contributed by atoms with Crippen molar-refractivity contribution in [2.75, 3.05) is 0 Å². The first-order valence-corrected chi connectivity index (χ1v) is 14.8. The summed E-state index contributed by atoms with van der Waals surface area (Å²) in [5.41, 5.74) is 6.24. The molecule has 0 fully saturated rings. The van der Waals surface area contributed by atoms with Crippen molar-refractivity contribution in [2.45, 2.75) is 26.5 Å². The molecular weight excluding hydrogens is 542 g/mol. The molecule has 0 saturated carbocycles. The van der Waals surface area contributed by atoms with Crippen LogP contribution in [0.15, 0.2) is 155 Å². The van der Waals surface area contributed by atoms with Crippen molar-refractivity contribution < 1.29 is 4.74 Å². The molecule has 0 saturated heterocycles. The summed E-state index contributed by atoms with van der Waals surface area (Å²) in [6.07, 6.45) is 0.666. The van der Waals surface area contributed by atoms with E-state index in [-0.39, 0.29) is 5.56 Å². The third-order valence-corrected chi connectivity index (χ3v) is 7.47. The Morgan fingerprint density at radius 2 is 1.20 bits per heavy atom. The standard InChI is InChI=1S/C39H33N3O2/c1-29-36(41-37(32-20-10-4-11-21-32)33-22-12-5-13-23-33)39(43)42(27-26-30-16-6-2-7-17-30)38(40-29)34-24-14-15-25-35(34)44-28-31-18-8-3-9-19-31/h2-25H,26-28H2,1H3. The summed E-state index contributed by atoms with van der Waals surface area (Å²) in [7, 11) is 0. The molecule has 5 aromatic carbocycles. The highest BCUT2D eigenvalue weighted by molar-refractivity contribution is 6.14. The SMILES string of the molecule is Cc1nc(-c2ccccc2OCc2ccccc2)n(CCc2ccccc2)c(=O)c1N=C(c1ccccc1)c1ccccc1. The number of hydrogen-bond donors (Lipinski definition) is 0. The summed E-state index contributed by atoms with van der Waals surface area (Å²) in [4.78, 5) is 24.6. The van der Waals surface area contributed by atoms with Gasteiger partial charge in [-0.3, -0.25) is 9.36 Å². The van der Waals surface area contributed by atoms with E-state index in [1.165, 1.54) is 0 Å². The molecule has 6 rings (SSSR count). The molecule has 0 aliphatic rings. The van der Waals surface area contributed by atoms with Gasteiger partial charge in [-0.05, 0) is 36.6 Å². The molecule has 6 aromatic rings. The number of ether oxygens (including phenoxy) is 1. The van der Waals surface area contributed by atoms with Crippen LogP contribution in [0.3, 0.4) is 0 Å². The largest absolute Gasteiger partial charge is 0.488 e. The van der Waals surface area contributed by atoms with Crippen LogP contribution in [0.4, 0.5) is 5.69 Å². The number of rotatable bonds is 10. The van der Waals surface area contributed by atoms with Gasteiger partial charge < -0.3 is 4.74 Å². The second-order valence-electron chi connectivity index (χ2n) is 10.5. The van der Waals surface area contributed by atoms with Crippen molar-refractivity contribution in [2.24, 2.45) is 4.99 Å². The Hall–Kier alpha value is -5.55. The third-order valence-electron chi connectivity index (χ3n) is 7.47. The van der Waals surface area contributed by atoms with Gasteiger partial charge in [0.1, 0.15) is 18.2 Å². The lowest BCUT2D eigenvalue weighted by Crippen LogP contribution is -2.25. The molecular formula is C39H33N3O2. The maximum Gasteiger partial charge on any atom is 0.279 e. The number of nitrogens with zero attached hydrogens (tertiary/aromatic N) is 3. The fraction of sp³-hybridized carbons (Fsp3) is 0.103. The molecule has 44 heavy (non-hydrogen) atoms. The lowest BCUT2D eigenvalue weighted by molar-refractivity contribution is 0.307. The molecule has 0 radical (unpaired) electrons. The topological polar surface area (TPSA) is 56.5 Å². The van der Waals surface area contributed by atoms with E-state index in [2.05, 4.69) is 12.1 Å². The van der Waals surface area contributed by atoms with Crippen LogP contribution >= 0.6 is 0 Å². The van der Waals surface area contributed by atoms with Crippen LogP contribution in [0.1, 0.15) is 27.9 Å². The Balaban J connectivity index is 1.49. The molecule has 0 spiro atoms. The summed E-state index contributed by atoms with van der Waals surface area (Å²) >= 11 is 0. The fourth-order valence-electron chi connectivity index (χ4n) is 5.19. The third kappa shape index (κ3) is 6.58. The summed E-state index contributed by atoms with van der Waals surface area (Å²) < 4.78 is 8.05. The quantitative estimate of drug-likeness (QED) is 0.155. The second kappa shape index (κ2) is 13.6. The molecule has 216 valence electrons. The van der Waals surface area contributed by atoms with Gasteiger partial charge in [-0.15, -0.1) is 0 Å². The molecule has 0 bridgehead atoms. The first kappa shape index (κ1) is 28.6. The van der Waals surface area contributed by atoms with Gasteiger partial charge in [0.25, 0.3) is 5.56 Å². The van der Waals surface area contributed by atoms with Crippen molar-refractivity contribution >= 4 is 11.4 Å². The van der Waals surface area contributed by atoms with E-state index < -0.39 is 0 Å². The molecule has 5 nitrogen and oxygen atoms in total. The van der Waals surface area contributed by atoms with E-state index in [4.69, 9.17) is 14.7 Å². The average molecular weight is 576 g/mol. The Labute approximate surface area is 257 Å². The van der Waals surface area contributed by atoms with Crippen molar-refractivity contribution in [3.05, 3.63) is 184 Å². The van der Waals surface area contributed by atoms with Gasteiger partial charge in [0.05, 0.1) is 17.0 Å². The highest BCUT2D eigenvalue weighted by Gasteiger charge is 2.20. The van der Waals surface area contributed by atoms with Crippen molar-refractivity contribution in [1.82, 2.24) is 9.55 Å². The smallest absolute Gasteiger partial charge is 0.279 e. The predicted molar refractivity (Wildman–Crippen MR) is 178 cm³/mol. The van der Waals surface area contributed by atoms with Crippen LogP contribution in [0.5, 0.6) is 5.75 Å². The minimum absolute atomic E-state index is 0.189. The van der Waals surface area contributed by atoms with Gasteiger partial charge in [-0.25, -0.2) is 9.98 Å². The second-order valence-corrected chi connectivity index (χ2v) is 10.5. The Kier molecular flexibility index (Phi) is 8.84. The van der Waals surface area contributed by atoms with E-state index in [1.54, 1.807) is 4.57 Å². The maximum atomic E-state index is 14.5. The maximum absolute atomic E-state index is 14.5. The van der Waals surface area contributed by atoms with Crippen molar-refractivity contribution in [1.29, 1.82) is 0 Å². The van der Waals surface area contributed by atoms with Gasteiger partial charge in [0, 0.05) is 17.7 Å². The normalized spacial score (nSPS) is 10.8. The molecule has 0 aliphatic heterocycles. The molecule has 5 heteroatoms. The van der Waals surface area contributed by atoms with Gasteiger partial charge in [0.2, 0.25) is 0 Å². The zero-order valence-corrected chi connectivity index (χ0v) is 24.6. The summed E-state index contributed by atoms with van der Waals surface area (Å²) in [6, 6.07) is 47.9. The minimum atomic E-state index is -0.189. The predicted octanol–water partition coefficient (Wildman–Crippen LogP) is 8.21. The van der Waals surface area contributed by atoms with E-state index in [0.29, 0.717) is 42.5 Å².